The van der Waals surface area contributed by atoms with Crippen LogP contribution in [0.2, 0.25) is 5.02 Å². The number of rotatable bonds is 9. The summed E-state index contributed by atoms with van der Waals surface area (Å²) >= 11 is 9.26. The summed E-state index contributed by atoms with van der Waals surface area (Å²) in [7, 11) is 1.41. The molecule has 206 valence electrons. The van der Waals surface area contributed by atoms with Crippen molar-refractivity contribution in [3.8, 4) is 17.2 Å². The second kappa shape index (κ2) is 12.7. The molecule has 1 saturated heterocycles. The van der Waals surface area contributed by atoms with Gasteiger partial charge in [-0.05, 0) is 95.2 Å². The molecule has 40 heavy (non-hydrogen) atoms. The normalized spacial score (nSPS) is 14.2. The van der Waals surface area contributed by atoms with Gasteiger partial charge in [-0.2, -0.15) is 0 Å². The van der Waals surface area contributed by atoms with Gasteiger partial charge in [0.25, 0.3) is 17.7 Å². The van der Waals surface area contributed by atoms with Gasteiger partial charge >= 0.3 is 6.03 Å². The van der Waals surface area contributed by atoms with Gasteiger partial charge in [0, 0.05) is 10.7 Å². The molecule has 0 bridgehead atoms. The Morgan fingerprint density at radius 1 is 1.05 bits per heavy atom. The Bertz CT molecular complexity index is 1490. The molecule has 12 heteroatoms. The third-order valence-corrected chi connectivity index (χ3v) is 6.39. The van der Waals surface area contributed by atoms with Crippen molar-refractivity contribution in [2.24, 2.45) is 0 Å². The number of carbonyl (C=O) groups excluding carboxylic acids is 4. The van der Waals surface area contributed by atoms with Crippen LogP contribution in [-0.2, 0) is 14.4 Å². The number of halogens is 2. The predicted molar refractivity (Wildman–Crippen MR) is 153 cm³/mol. The van der Waals surface area contributed by atoms with E-state index in [9.17, 15) is 19.2 Å². The van der Waals surface area contributed by atoms with E-state index >= 15 is 0 Å². The summed E-state index contributed by atoms with van der Waals surface area (Å²) in [5.74, 6) is -1.00. The van der Waals surface area contributed by atoms with E-state index in [4.69, 9.17) is 25.8 Å². The molecule has 3 aromatic carbocycles. The molecule has 5 amide bonds. The average Bonchev–Trinajstić information content (AvgIpc) is 2.92. The molecule has 1 aliphatic rings. The van der Waals surface area contributed by atoms with Crippen LogP contribution in [0.5, 0.6) is 17.2 Å². The van der Waals surface area contributed by atoms with Gasteiger partial charge in [-0.25, -0.2) is 9.69 Å². The molecule has 0 unspecified atom stereocenters. The Morgan fingerprint density at radius 3 is 2.40 bits per heavy atom. The van der Waals surface area contributed by atoms with Gasteiger partial charge < -0.3 is 19.5 Å². The maximum absolute atomic E-state index is 13.2. The Morgan fingerprint density at radius 2 is 1.75 bits per heavy atom. The van der Waals surface area contributed by atoms with Crippen molar-refractivity contribution in [1.29, 1.82) is 0 Å². The van der Waals surface area contributed by atoms with E-state index in [-0.39, 0.29) is 29.4 Å². The lowest BCUT2D eigenvalue weighted by Gasteiger charge is -2.26. The van der Waals surface area contributed by atoms with Crippen LogP contribution in [0, 0.1) is 0 Å². The van der Waals surface area contributed by atoms with Gasteiger partial charge in [0.2, 0.25) is 0 Å². The van der Waals surface area contributed by atoms with Gasteiger partial charge in [0.15, 0.2) is 18.1 Å². The van der Waals surface area contributed by atoms with Crippen LogP contribution in [0.25, 0.3) is 6.08 Å². The van der Waals surface area contributed by atoms with Crippen molar-refractivity contribution >= 4 is 68.7 Å². The van der Waals surface area contributed by atoms with E-state index in [0.717, 1.165) is 4.90 Å². The highest BCUT2D eigenvalue weighted by Crippen LogP contribution is 2.37. The molecular formula is C28H23BrClN3O7. The van der Waals surface area contributed by atoms with Gasteiger partial charge in [-0.15, -0.1) is 0 Å². The van der Waals surface area contributed by atoms with Crippen LogP contribution in [0.4, 0.5) is 16.2 Å². The molecule has 2 N–H and O–H groups in total. The van der Waals surface area contributed by atoms with Gasteiger partial charge in [-0.1, -0.05) is 11.6 Å². The maximum Gasteiger partial charge on any atom is 0.335 e. The fourth-order valence-corrected chi connectivity index (χ4v) is 4.45. The monoisotopic (exact) mass is 627 g/mol. The molecule has 1 aliphatic heterocycles. The van der Waals surface area contributed by atoms with Crippen molar-refractivity contribution in [1.82, 2.24) is 5.32 Å². The summed E-state index contributed by atoms with van der Waals surface area (Å²) in [6, 6.07) is 15.2. The highest BCUT2D eigenvalue weighted by atomic mass is 79.9. The highest BCUT2D eigenvalue weighted by Gasteiger charge is 2.37. The second-order valence-corrected chi connectivity index (χ2v) is 9.55. The minimum Gasteiger partial charge on any atom is -0.494 e. The number of amides is 5. The first-order valence-electron chi connectivity index (χ1n) is 11.9. The Kier molecular flexibility index (Phi) is 9.08. The van der Waals surface area contributed by atoms with Crippen LogP contribution >= 0.6 is 27.5 Å². The first-order chi connectivity index (χ1) is 19.2. The standard InChI is InChI=1S/C28H23BrClN3O7/c1-3-39-20-10-8-19(9-11-20)33-27(36)21(26(35)32-28(33)37)12-16-13-22(29)25(23(14-16)38-2)40-15-24(34)31-18-6-4-17(30)5-7-18/h4-14H,3,15H2,1-2H3,(H,31,34)(H,32,35,37)/b21-12+. The summed E-state index contributed by atoms with van der Waals surface area (Å²) in [6.07, 6.45) is 1.33. The van der Waals surface area contributed by atoms with Crippen molar-refractivity contribution < 1.29 is 33.4 Å². The molecule has 0 aromatic heterocycles. The first kappa shape index (κ1) is 28.7. The fourth-order valence-electron chi connectivity index (χ4n) is 3.75. The molecule has 3 aromatic rings. The third kappa shape index (κ3) is 6.61. The predicted octanol–water partition coefficient (Wildman–Crippen LogP) is 5.19. The summed E-state index contributed by atoms with van der Waals surface area (Å²) < 4.78 is 16.9. The van der Waals surface area contributed by atoms with Crippen molar-refractivity contribution in [2.45, 2.75) is 6.92 Å². The fraction of sp³-hybridized carbons (Fsp3) is 0.143. The highest BCUT2D eigenvalue weighted by molar-refractivity contribution is 9.10. The lowest BCUT2D eigenvalue weighted by Crippen LogP contribution is -2.54. The molecule has 1 heterocycles. The number of imide groups is 2. The van der Waals surface area contributed by atoms with Crippen molar-refractivity contribution in [3.63, 3.8) is 0 Å². The van der Waals surface area contributed by atoms with E-state index in [1.807, 2.05) is 6.92 Å². The van der Waals surface area contributed by atoms with E-state index in [1.54, 1.807) is 54.6 Å². The lowest BCUT2D eigenvalue weighted by atomic mass is 10.1. The van der Waals surface area contributed by atoms with Crippen LogP contribution in [0.3, 0.4) is 0 Å². The molecule has 0 aliphatic carbocycles. The molecule has 0 saturated carbocycles. The quantitative estimate of drug-likeness (QED) is 0.247. The van der Waals surface area contributed by atoms with Crippen LogP contribution < -0.4 is 29.7 Å². The van der Waals surface area contributed by atoms with E-state index in [2.05, 4.69) is 26.6 Å². The number of nitrogens with zero attached hydrogens (tertiary/aromatic N) is 1. The Hall–Kier alpha value is -4.35. The minimum absolute atomic E-state index is 0.238. The smallest absolute Gasteiger partial charge is 0.335 e. The molecule has 10 nitrogen and oxygen atoms in total. The third-order valence-electron chi connectivity index (χ3n) is 5.55. The lowest BCUT2D eigenvalue weighted by molar-refractivity contribution is -0.122. The zero-order chi connectivity index (χ0) is 28.8. The number of benzene rings is 3. The number of carbonyl (C=O) groups is 4. The second-order valence-electron chi connectivity index (χ2n) is 8.26. The number of anilines is 2. The van der Waals surface area contributed by atoms with Crippen LogP contribution in [0.15, 0.2) is 70.7 Å². The molecular weight excluding hydrogens is 606 g/mol. The summed E-state index contributed by atoms with van der Waals surface area (Å²) in [5, 5.41) is 5.42. The van der Waals surface area contributed by atoms with E-state index in [1.165, 1.54) is 19.3 Å². The largest absolute Gasteiger partial charge is 0.494 e. The number of ether oxygens (including phenoxy) is 3. The summed E-state index contributed by atoms with van der Waals surface area (Å²) in [6.45, 7) is 1.98. The number of hydrogen-bond donors (Lipinski definition) is 2. The van der Waals surface area contributed by atoms with Crippen LogP contribution in [0.1, 0.15) is 12.5 Å². The number of hydrogen-bond acceptors (Lipinski definition) is 7. The number of methoxy groups -OCH3 is 1. The van der Waals surface area contributed by atoms with Crippen molar-refractivity contribution in [2.75, 3.05) is 30.5 Å². The zero-order valence-corrected chi connectivity index (χ0v) is 23.7. The van der Waals surface area contributed by atoms with Gasteiger partial charge in [0.1, 0.15) is 11.3 Å². The Labute approximate surface area is 243 Å². The van der Waals surface area contributed by atoms with E-state index in [0.29, 0.717) is 33.1 Å². The molecule has 1 fully saturated rings. The number of nitrogens with one attached hydrogen (secondary N) is 2. The topological polar surface area (TPSA) is 123 Å². The minimum atomic E-state index is -0.865. The maximum atomic E-state index is 13.2. The number of barbiturate groups is 1. The molecule has 4 rings (SSSR count). The van der Waals surface area contributed by atoms with E-state index < -0.39 is 23.8 Å². The first-order valence-corrected chi connectivity index (χ1v) is 13.1. The zero-order valence-electron chi connectivity index (χ0n) is 21.3. The molecule has 0 spiro atoms. The SMILES string of the molecule is CCOc1ccc(N2C(=O)NC(=O)/C(=C\c3cc(Br)c(OCC(=O)Nc4ccc(Cl)cc4)c(OC)c3)C2=O)cc1. The van der Waals surface area contributed by atoms with Crippen LogP contribution in [-0.4, -0.2) is 44.1 Å². The molecule has 0 atom stereocenters. The van der Waals surface area contributed by atoms with Gasteiger partial charge in [0.05, 0.1) is 23.9 Å². The summed E-state index contributed by atoms with van der Waals surface area (Å²) in [5.41, 5.74) is 0.961. The summed E-state index contributed by atoms with van der Waals surface area (Å²) in [4.78, 5) is 51.6. The molecule has 0 radical (unpaired) electrons. The van der Waals surface area contributed by atoms with Gasteiger partial charge in [-0.3, -0.25) is 19.7 Å². The van der Waals surface area contributed by atoms with Crippen molar-refractivity contribution in [3.05, 3.63) is 81.3 Å². The Balaban J connectivity index is 1.54. The number of urea groups is 1. The average molecular weight is 629 g/mol.